The Morgan fingerprint density at radius 1 is 1.35 bits per heavy atom. The van der Waals surface area contributed by atoms with Gasteiger partial charge >= 0.3 is 6.18 Å². The summed E-state index contributed by atoms with van der Waals surface area (Å²) in [6.45, 7) is 0. The van der Waals surface area contributed by atoms with Crippen LogP contribution in [-0.4, -0.2) is 11.3 Å². The van der Waals surface area contributed by atoms with Crippen LogP contribution in [0.2, 0.25) is 5.02 Å². The van der Waals surface area contributed by atoms with Crippen LogP contribution < -0.4 is 5.09 Å². The molecule has 1 aliphatic rings. The fourth-order valence-electron chi connectivity index (χ4n) is 1.67. The minimum absolute atomic E-state index is 0.0598. The number of nitrogens with one attached hydrogen (secondary N) is 1. The summed E-state index contributed by atoms with van der Waals surface area (Å²) in [7, 11) is 2.09. The van der Waals surface area contributed by atoms with Gasteiger partial charge in [0.1, 0.15) is 0 Å². The maximum absolute atomic E-state index is 13.3. The molecule has 2 N–H and O–H groups in total. The van der Waals surface area contributed by atoms with Gasteiger partial charge in [0.25, 0.3) is 0 Å². The lowest BCUT2D eigenvalue weighted by atomic mass is 9.92. The van der Waals surface area contributed by atoms with Gasteiger partial charge in [0, 0.05) is 22.2 Å². The molecule has 0 aliphatic heterocycles. The highest BCUT2D eigenvalue weighted by atomic mass is 35.5. The fraction of sp³-hybridized carbons (Fsp3) is 0.385. The van der Waals surface area contributed by atoms with Crippen molar-refractivity contribution in [3.8, 4) is 11.8 Å². The highest BCUT2D eigenvalue weighted by molar-refractivity contribution is 7.18. The third-order valence-corrected chi connectivity index (χ3v) is 3.52. The molecule has 2 rings (SSSR count). The van der Waals surface area contributed by atoms with Gasteiger partial charge < -0.3 is 10.2 Å². The molecular weight excluding hydrogens is 310 g/mol. The second kappa shape index (κ2) is 5.44. The Morgan fingerprint density at radius 2 is 2.00 bits per heavy atom. The molecule has 1 saturated carbocycles. The highest BCUT2D eigenvalue weighted by Crippen LogP contribution is 2.43. The van der Waals surface area contributed by atoms with Crippen molar-refractivity contribution >= 4 is 26.7 Å². The first kappa shape index (κ1) is 15.4. The van der Waals surface area contributed by atoms with Gasteiger partial charge in [-0.1, -0.05) is 23.4 Å². The Labute approximate surface area is 122 Å². The molecule has 0 heterocycles. The maximum Gasteiger partial charge on any atom is 0.433 e. The molecule has 1 aliphatic carbocycles. The summed E-state index contributed by atoms with van der Waals surface area (Å²) in [4.78, 5) is 0. The lowest BCUT2D eigenvalue weighted by Gasteiger charge is -2.27. The molecule has 2 nitrogen and oxygen atoms in total. The van der Waals surface area contributed by atoms with E-state index >= 15 is 0 Å². The zero-order chi connectivity index (χ0) is 15.0. The molecule has 2 atom stereocenters. The van der Waals surface area contributed by atoms with Gasteiger partial charge in [-0.3, -0.25) is 0 Å². The molecule has 0 aromatic heterocycles. The number of alkyl halides is 3. The Hall–Kier alpha value is -0.950. The predicted octanol–water partition coefficient (Wildman–Crippen LogP) is 3.71. The van der Waals surface area contributed by atoms with Crippen LogP contribution in [0.1, 0.15) is 18.4 Å². The third kappa shape index (κ3) is 3.03. The Morgan fingerprint density at radius 3 is 2.50 bits per heavy atom. The van der Waals surface area contributed by atoms with E-state index in [2.05, 4.69) is 20.4 Å². The van der Waals surface area contributed by atoms with Crippen molar-refractivity contribution in [2.24, 2.45) is 5.92 Å². The number of benzene rings is 1. The van der Waals surface area contributed by atoms with Gasteiger partial charge in [-0.2, -0.15) is 13.2 Å². The van der Waals surface area contributed by atoms with E-state index in [-0.39, 0.29) is 16.6 Å². The third-order valence-electron chi connectivity index (χ3n) is 2.97. The highest BCUT2D eigenvalue weighted by Gasteiger charge is 2.55. The van der Waals surface area contributed by atoms with Crippen molar-refractivity contribution in [2.45, 2.75) is 24.6 Å². The van der Waals surface area contributed by atoms with Crippen LogP contribution >= 0.6 is 21.0 Å². The van der Waals surface area contributed by atoms with Gasteiger partial charge in [-0.05, 0) is 40.4 Å². The Kier molecular flexibility index (Phi) is 4.20. The normalized spacial score (nSPS) is 17.9. The minimum atomic E-state index is -4.92. The van der Waals surface area contributed by atoms with Gasteiger partial charge in [-0.15, -0.1) is 0 Å². The molecular formula is C13H12ClF3NOP. The van der Waals surface area contributed by atoms with E-state index in [0.717, 1.165) is 18.9 Å². The molecule has 0 amide bonds. The Balaban J connectivity index is 2.57. The molecule has 1 unspecified atom stereocenters. The van der Waals surface area contributed by atoms with Crippen molar-refractivity contribution in [3.63, 3.8) is 0 Å². The summed E-state index contributed by atoms with van der Waals surface area (Å²) < 4.78 is 39.8. The van der Waals surface area contributed by atoms with E-state index in [1.165, 1.54) is 12.1 Å². The molecule has 108 valence electrons. The molecule has 7 heteroatoms. The fourth-order valence-corrected chi connectivity index (χ4v) is 2.09. The SMILES string of the molecule is O[C@@](C#CC1CC1)(c1cc(Cl)ccc1NP)C(F)(F)F. The summed E-state index contributed by atoms with van der Waals surface area (Å²) in [6, 6.07) is 3.87. The molecule has 1 aromatic rings. The lowest BCUT2D eigenvalue weighted by molar-refractivity contribution is -0.240. The first-order chi connectivity index (χ1) is 9.28. The zero-order valence-electron chi connectivity index (χ0n) is 10.3. The van der Waals surface area contributed by atoms with E-state index < -0.39 is 17.3 Å². The first-order valence-electron chi connectivity index (χ1n) is 5.86. The van der Waals surface area contributed by atoms with Crippen LogP contribution in [0.3, 0.4) is 0 Å². The quantitative estimate of drug-likeness (QED) is 0.643. The number of halogens is 4. The molecule has 0 saturated heterocycles. The van der Waals surface area contributed by atoms with Crippen LogP contribution in [-0.2, 0) is 5.60 Å². The van der Waals surface area contributed by atoms with Crippen LogP contribution in [0, 0.1) is 17.8 Å². The molecule has 1 aromatic carbocycles. The summed E-state index contributed by atoms with van der Waals surface area (Å²) in [5.74, 6) is 4.40. The lowest BCUT2D eigenvalue weighted by Crippen LogP contribution is -2.41. The Bertz CT molecular complexity index is 577. The minimum Gasteiger partial charge on any atom is -0.369 e. The second-order valence-corrected chi connectivity index (χ2v) is 5.31. The van der Waals surface area contributed by atoms with Crippen molar-refractivity contribution in [2.75, 3.05) is 5.09 Å². The first-order valence-corrected chi connectivity index (χ1v) is 6.82. The van der Waals surface area contributed by atoms with Crippen LogP contribution in [0.4, 0.5) is 18.9 Å². The number of hydrogen-bond donors (Lipinski definition) is 2. The topological polar surface area (TPSA) is 32.3 Å². The second-order valence-electron chi connectivity index (χ2n) is 4.59. The standard InChI is InChI=1S/C13H12ClF3NOP/c14-9-3-4-11(18-20)10(7-9)12(19,13(15,16)17)6-5-8-1-2-8/h3-4,7-8,18-19H,1-2,20H2/t12-/m0/s1. The van der Waals surface area contributed by atoms with Gasteiger partial charge in [-0.25, -0.2) is 0 Å². The monoisotopic (exact) mass is 321 g/mol. The van der Waals surface area contributed by atoms with E-state index in [4.69, 9.17) is 11.6 Å². The number of rotatable bonds is 2. The van der Waals surface area contributed by atoms with Crippen LogP contribution in [0.25, 0.3) is 0 Å². The summed E-state index contributed by atoms with van der Waals surface area (Å²) >= 11 is 5.74. The average Bonchev–Trinajstić information content (AvgIpc) is 3.18. The van der Waals surface area contributed by atoms with E-state index in [1.807, 2.05) is 5.92 Å². The molecule has 0 radical (unpaired) electrons. The van der Waals surface area contributed by atoms with Crippen molar-refractivity contribution in [3.05, 3.63) is 28.8 Å². The van der Waals surface area contributed by atoms with Crippen LogP contribution in [0.5, 0.6) is 0 Å². The van der Waals surface area contributed by atoms with Gasteiger partial charge in [0.15, 0.2) is 0 Å². The smallest absolute Gasteiger partial charge is 0.369 e. The van der Waals surface area contributed by atoms with Crippen molar-refractivity contribution in [1.29, 1.82) is 0 Å². The molecule has 0 bridgehead atoms. The number of anilines is 1. The number of hydrogen-bond acceptors (Lipinski definition) is 2. The van der Waals surface area contributed by atoms with Gasteiger partial charge in [0.05, 0.1) is 0 Å². The average molecular weight is 322 g/mol. The van der Waals surface area contributed by atoms with Crippen molar-refractivity contribution in [1.82, 2.24) is 0 Å². The van der Waals surface area contributed by atoms with E-state index in [9.17, 15) is 18.3 Å². The van der Waals surface area contributed by atoms with Crippen LogP contribution in [0.15, 0.2) is 18.2 Å². The number of aliphatic hydroxyl groups is 1. The zero-order valence-corrected chi connectivity index (χ0v) is 12.2. The molecule has 0 spiro atoms. The largest absolute Gasteiger partial charge is 0.433 e. The van der Waals surface area contributed by atoms with E-state index in [0.29, 0.717) is 0 Å². The molecule has 20 heavy (non-hydrogen) atoms. The van der Waals surface area contributed by atoms with Gasteiger partial charge in [0.2, 0.25) is 5.60 Å². The summed E-state index contributed by atoms with van der Waals surface area (Å²) in [6.07, 6.45) is -3.38. The molecule has 1 fully saturated rings. The van der Waals surface area contributed by atoms with Crippen molar-refractivity contribution < 1.29 is 18.3 Å². The van der Waals surface area contributed by atoms with E-state index in [1.54, 1.807) is 0 Å². The predicted molar refractivity (Wildman–Crippen MR) is 75.2 cm³/mol. The summed E-state index contributed by atoms with van der Waals surface area (Å²) in [5, 5.41) is 12.8. The summed E-state index contributed by atoms with van der Waals surface area (Å²) in [5.41, 5.74) is -3.54. The maximum atomic E-state index is 13.3.